The third-order valence-electron chi connectivity index (χ3n) is 7.17. The predicted molar refractivity (Wildman–Crippen MR) is 138 cm³/mol. The topological polar surface area (TPSA) is 53.1 Å². The van der Waals surface area contributed by atoms with Crippen LogP contribution in [0.25, 0.3) is 0 Å². The Bertz CT molecular complexity index is 1230. The summed E-state index contributed by atoms with van der Waals surface area (Å²) >= 11 is 1.78. The molecule has 1 saturated heterocycles. The van der Waals surface area contributed by atoms with Crippen LogP contribution in [0.4, 0.5) is 4.39 Å². The maximum Gasteiger partial charge on any atom is 0.254 e. The molecule has 0 unspecified atom stereocenters. The van der Waals surface area contributed by atoms with Gasteiger partial charge < -0.3 is 14.5 Å². The molecule has 1 aromatic heterocycles. The number of benzene rings is 2. The molecule has 3 aromatic rings. The maximum atomic E-state index is 13.4. The molecule has 2 aliphatic rings. The van der Waals surface area contributed by atoms with Crippen molar-refractivity contribution in [3.05, 3.63) is 87.4 Å². The van der Waals surface area contributed by atoms with Gasteiger partial charge in [0.15, 0.2) is 0 Å². The molecule has 3 heterocycles. The Kier molecular flexibility index (Phi) is 7.07. The Balaban J connectivity index is 1.27. The van der Waals surface area contributed by atoms with Crippen LogP contribution in [0.2, 0.25) is 0 Å². The first-order valence-electron chi connectivity index (χ1n) is 12.2. The van der Waals surface area contributed by atoms with Gasteiger partial charge in [-0.1, -0.05) is 12.1 Å². The summed E-state index contributed by atoms with van der Waals surface area (Å²) in [6, 6.07) is 15.8. The molecule has 0 bridgehead atoms. The molecule has 36 heavy (non-hydrogen) atoms. The van der Waals surface area contributed by atoms with Gasteiger partial charge in [-0.15, -0.1) is 11.3 Å². The second kappa shape index (κ2) is 10.4. The van der Waals surface area contributed by atoms with Gasteiger partial charge in [-0.05, 0) is 72.3 Å². The molecular weight excluding hydrogens is 477 g/mol. The number of hydrogen-bond acceptors (Lipinski definition) is 5. The number of methoxy groups -OCH3 is 1. The third-order valence-corrected chi connectivity index (χ3v) is 8.16. The Morgan fingerprint density at radius 2 is 1.78 bits per heavy atom. The van der Waals surface area contributed by atoms with Crippen molar-refractivity contribution in [1.82, 2.24) is 14.7 Å². The van der Waals surface area contributed by atoms with Crippen LogP contribution in [-0.2, 0) is 11.2 Å². The molecule has 8 heteroatoms. The lowest BCUT2D eigenvalue weighted by atomic mass is 9.93. The highest BCUT2D eigenvalue weighted by Crippen LogP contribution is 2.38. The molecule has 2 atom stereocenters. The molecule has 2 amide bonds. The standard InChI is InChI=1S/C28H30FN3O3S/c1-19-17-30(14-15-32(19)28(34)21-3-7-22(29)8-4-21)26(33)18-31-13-11-25-24(12-16-36-25)27(31)20-5-9-23(35-2)10-6-20/h3-10,12,16,19,27H,11,13-15,17-18H2,1-2H3/t19-,27+/m0/s1. The van der Waals surface area contributed by atoms with E-state index in [1.165, 1.54) is 34.7 Å². The highest BCUT2D eigenvalue weighted by atomic mass is 32.1. The smallest absolute Gasteiger partial charge is 0.254 e. The highest BCUT2D eigenvalue weighted by molar-refractivity contribution is 7.10. The molecule has 0 saturated carbocycles. The van der Waals surface area contributed by atoms with Crippen LogP contribution >= 0.6 is 11.3 Å². The Morgan fingerprint density at radius 3 is 2.47 bits per heavy atom. The first kappa shape index (κ1) is 24.5. The number of amides is 2. The van der Waals surface area contributed by atoms with Crippen LogP contribution in [0, 0.1) is 5.82 Å². The van der Waals surface area contributed by atoms with Gasteiger partial charge in [0.2, 0.25) is 5.91 Å². The van der Waals surface area contributed by atoms with Gasteiger partial charge in [0.25, 0.3) is 5.91 Å². The summed E-state index contributed by atoms with van der Waals surface area (Å²) in [7, 11) is 1.66. The first-order chi connectivity index (χ1) is 17.4. The van der Waals surface area contributed by atoms with Crippen LogP contribution in [0.15, 0.2) is 60.0 Å². The van der Waals surface area contributed by atoms with Crippen LogP contribution in [0.3, 0.4) is 0 Å². The van der Waals surface area contributed by atoms with E-state index in [0.29, 0.717) is 31.7 Å². The fourth-order valence-corrected chi connectivity index (χ4v) is 6.14. The fraction of sp³-hybridized carbons (Fsp3) is 0.357. The monoisotopic (exact) mass is 507 g/mol. The van der Waals surface area contributed by atoms with E-state index in [2.05, 4.69) is 28.5 Å². The van der Waals surface area contributed by atoms with Crippen molar-refractivity contribution in [1.29, 1.82) is 0 Å². The lowest BCUT2D eigenvalue weighted by Crippen LogP contribution is -2.57. The summed E-state index contributed by atoms with van der Waals surface area (Å²) in [4.78, 5) is 33.7. The van der Waals surface area contributed by atoms with Gasteiger partial charge in [-0.25, -0.2) is 4.39 Å². The molecule has 0 aliphatic carbocycles. The molecule has 2 aliphatic heterocycles. The van der Waals surface area contributed by atoms with E-state index in [4.69, 9.17) is 4.74 Å². The molecule has 2 aromatic carbocycles. The normalized spacial score (nSPS) is 20.2. The van der Waals surface area contributed by atoms with Crippen LogP contribution < -0.4 is 4.74 Å². The van der Waals surface area contributed by atoms with Crippen molar-refractivity contribution < 1.29 is 18.7 Å². The van der Waals surface area contributed by atoms with Gasteiger partial charge in [0, 0.05) is 42.7 Å². The number of thiophene rings is 1. The van der Waals surface area contributed by atoms with Crippen molar-refractivity contribution >= 4 is 23.2 Å². The molecule has 1 fully saturated rings. The number of hydrogen-bond donors (Lipinski definition) is 0. The zero-order valence-corrected chi connectivity index (χ0v) is 21.3. The zero-order valence-electron chi connectivity index (χ0n) is 20.5. The number of halogens is 1. The van der Waals surface area contributed by atoms with E-state index in [1.54, 1.807) is 23.3 Å². The number of rotatable bonds is 5. The van der Waals surface area contributed by atoms with E-state index in [0.717, 1.165) is 24.3 Å². The second-order valence-corrected chi connectivity index (χ2v) is 10.4. The average molecular weight is 508 g/mol. The lowest BCUT2D eigenvalue weighted by molar-refractivity contribution is -0.135. The average Bonchev–Trinajstić information content (AvgIpc) is 3.37. The van der Waals surface area contributed by atoms with Crippen molar-refractivity contribution in [2.45, 2.75) is 25.4 Å². The van der Waals surface area contributed by atoms with Crippen molar-refractivity contribution in [2.24, 2.45) is 0 Å². The third kappa shape index (κ3) is 4.88. The largest absolute Gasteiger partial charge is 0.497 e. The van der Waals surface area contributed by atoms with E-state index < -0.39 is 0 Å². The van der Waals surface area contributed by atoms with Gasteiger partial charge >= 0.3 is 0 Å². The molecular formula is C28H30FN3O3S. The molecule has 6 nitrogen and oxygen atoms in total. The summed E-state index contributed by atoms with van der Waals surface area (Å²) in [6.45, 7) is 4.52. The fourth-order valence-electron chi connectivity index (χ4n) is 5.23. The quantitative estimate of drug-likeness (QED) is 0.519. The van der Waals surface area contributed by atoms with Crippen molar-refractivity contribution in [3.8, 4) is 5.75 Å². The summed E-state index contributed by atoms with van der Waals surface area (Å²) in [5.74, 6) is 0.392. The minimum atomic E-state index is -0.366. The van der Waals surface area contributed by atoms with E-state index in [9.17, 15) is 14.0 Å². The minimum absolute atomic E-state index is 0.0219. The molecule has 5 rings (SSSR count). The van der Waals surface area contributed by atoms with Crippen molar-refractivity contribution in [3.63, 3.8) is 0 Å². The number of nitrogens with zero attached hydrogens (tertiary/aromatic N) is 3. The molecule has 0 radical (unpaired) electrons. The van der Waals surface area contributed by atoms with Gasteiger partial charge in [-0.3, -0.25) is 14.5 Å². The summed E-state index contributed by atoms with van der Waals surface area (Å²) in [5.41, 5.74) is 2.88. The van der Waals surface area contributed by atoms with Gasteiger partial charge in [0.1, 0.15) is 11.6 Å². The lowest BCUT2D eigenvalue weighted by Gasteiger charge is -2.42. The van der Waals surface area contributed by atoms with Crippen LogP contribution in [0.1, 0.15) is 39.3 Å². The highest BCUT2D eigenvalue weighted by Gasteiger charge is 2.34. The number of ether oxygens (including phenoxy) is 1. The Hall–Kier alpha value is -3.23. The predicted octanol–water partition coefficient (Wildman–Crippen LogP) is 4.22. The molecule has 0 N–H and O–H groups in total. The number of carbonyl (C=O) groups excluding carboxylic acids is 2. The summed E-state index contributed by atoms with van der Waals surface area (Å²) in [6.07, 6.45) is 0.934. The van der Waals surface area contributed by atoms with E-state index in [1.807, 2.05) is 24.0 Å². The van der Waals surface area contributed by atoms with Crippen molar-refractivity contribution in [2.75, 3.05) is 39.8 Å². The molecule has 0 spiro atoms. The summed E-state index contributed by atoms with van der Waals surface area (Å²) in [5, 5.41) is 2.13. The minimum Gasteiger partial charge on any atom is -0.497 e. The first-order valence-corrected chi connectivity index (χ1v) is 13.1. The Morgan fingerprint density at radius 1 is 1.03 bits per heavy atom. The zero-order chi connectivity index (χ0) is 25.2. The SMILES string of the molecule is COc1ccc([C@@H]2c3ccsc3CCN2CC(=O)N2CCN(C(=O)c3ccc(F)cc3)[C@@H](C)C2)cc1. The second-order valence-electron chi connectivity index (χ2n) is 9.39. The van der Waals surface area contributed by atoms with E-state index in [-0.39, 0.29) is 29.7 Å². The maximum absolute atomic E-state index is 13.4. The van der Waals surface area contributed by atoms with Crippen LogP contribution in [0.5, 0.6) is 5.75 Å². The number of fused-ring (bicyclic) bond motifs is 1. The van der Waals surface area contributed by atoms with E-state index >= 15 is 0 Å². The number of carbonyl (C=O) groups is 2. The van der Waals surface area contributed by atoms with Gasteiger partial charge in [-0.2, -0.15) is 0 Å². The Labute approximate surface area is 214 Å². The number of piperazine rings is 1. The summed E-state index contributed by atoms with van der Waals surface area (Å²) < 4.78 is 18.6. The van der Waals surface area contributed by atoms with Gasteiger partial charge in [0.05, 0.1) is 19.7 Å². The van der Waals surface area contributed by atoms with Crippen LogP contribution in [-0.4, -0.2) is 72.4 Å². The molecule has 188 valence electrons.